The van der Waals surface area contributed by atoms with Gasteiger partial charge in [-0.15, -0.1) is 0 Å². The van der Waals surface area contributed by atoms with Crippen molar-refractivity contribution in [1.29, 1.82) is 0 Å². The number of benzene rings is 2. The standard InChI is InChI=1S/C16H12Cl3NO4/c17-10-1-4-12(5-2-10)23-9-16(22)24-8-15(21)20-14-6-3-11(18)7-13(14)19/h1-7H,8-9H2,(H,20,21). The molecule has 0 aliphatic heterocycles. The quantitative estimate of drug-likeness (QED) is 0.753. The Hall–Kier alpha value is -1.95. The molecule has 0 aromatic heterocycles. The van der Waals surface area contributed by atoms with E-state index in [1.54, 1.807) is 36.4 Å². The zero-order valence-electron chi connectivity index (χ0n) is 12.2. The molecule has 0 saturated carbocycles. The van der Waals surface area contributed by atoms with Gasteiger partial charge in [-0.05, 0) is 42.5 Å². The van der Waals surface area contributed by atoms with Crippen LogP contribution in [0, 0.1) is 0 Å². The average molecular weight is 389 g/mol. The van der Waals surface area contributed by atoms with Gasteiger partial charge in [0.1, 0.15) is 5.75 Å². The maximum atomic E-state index is 11.7. The predicted octanol–water partition coefficient (Wildman–Crippen LogP) is 4.21. The number of hydrogen-bond donors (Lipinski definition) is 1. The Balaban J connectivity index is 1.74. The van der Waals surface area contributed by atoms with Crippen LogP contribution in [0.1, 0.15) is 0 Å². The van der Waals surface area contributed by atoms with Gasteiger partial charge in [0.25, 0.3) is 5.91 Å². The van der Waals surface area contributed by atoms with Crippen molar-refractivity contribution in [3.63, 3.8) is 0 Å². The number of rotatable bonds is 6. The summed E-state index contributed by atoms with van der Waals surface area (Å²) in [4.78, 5) is 23.3. The molecule has 2 rings (SSSR count). The van der Waals surface area contributed by atoms with E-state index in [0.717, 1.165) is 0 Å². The van der Waals surface area contributed by atoms with Crippen molar-refractivity contribution in [1.82, 2.24) is 0 Å². The lowest BCUT2D eigenvalue weighted by Gasteiger charge is -2.09. The second-order valence-electron chi connectivity index (χ2n) is 4.58. The minimum Gasteiger partial charge on any atom is -0.482 e. The van der Waals surface area contributed by atoms with Gasteiger partial charge >= 0.3 is 5.97 Å². The summed E-state index contributed by atoms with van der Waals surface area (Å²) in [6, 6.07) is 11.1. The molecule has 0 aliphatic carbocycles. The summed E-state index contributed by atoms with van der Waals surface area (Å²) in [6.07, 6.45) is 0. The molecule has 0 aliphatic rings. The molecule has 0 fully saturated rings. The molecule has 0 atom stereocenters. The van der Waals surface area contributed by atoms with Crippen LogP contribution in [0.25, 0.3) is 0 Å². The molecule has 5 nitrogen and oxygen atoms in total. The normalized spacial score (nSPS) is 10.1. The lowest BCUT2D eigenvalue weighted by Crippen LogP contribution is -2.23. The predicted molar refractivity (Wildman–Crippen MR) is 93.0 cm³/mol. The number of halogens is 3. The number of esters is 1. The van der Waals surface area contributed by atoms with Crippen LogP contribution >= 0.6 is 34.8 Å². The third-order valence-corrected chi connectivity index (χ3v) is 3.54. The fraction of sp³-hybridized carbons (Fsp3) is 0.125. The van der Waals surface area contributed by atoms with Gasteiger partial charge in [-0.25, -0.2) is 4.79 Å². The van der Waals surface area contributed by atoms with Crippen molar-refractivity contribution in [2.45, 2.75) is 0 Å². The lowest BCUT2D eigenvalue weighted by molar-refractivity contribution is -0.149. The Morgan fingerprint density at radius 2 is 1.58 bits per heavy atom. The van der Waals surface area contributed by atoms with Gasteiger partial charge in [0, 0.05) is 10.0 Å². The smallest absolute Gasteiger partial charge is 0.344 e. The minimum atomic E-state index is -0.678. The zero-order chi connectivity index (χ0) is 17.5. The van der Waals surface area contributed by atoms with Gasteiger partial charge in [-0.1, -0.05) is 34.8 Å². The molecular weight excluding hydrogens is 377 g/mol. The number of carbonyl (C=O) groups excluding carboxylic acids is 2. The summed E-state index contributed by atoms with van der Waals surface area (Å²) in [5, 5.41) is 3.80. The van der Waals surface area contributed by atoms with Crippen molar-refractivity contribution >= 4 is 52.4 Å². The molecule has 1 N–H and O–H groups in total. The molecule has 0 bridgehead atoms. The molecule has 0 spiro atoms. The van der Waals surface area contributed by atoms with E-state index in [9.17, 15) is 9.59 Å². The number of hydrogen-bond acceptors (Lipinski definition) is 4. The third kappa shape index (κ3) is 5.92. The maximum absolute atomic E-state index is 11.7. The second-order valence-corrected chi connectivity index (χ2v) is 5.86. The number of anilines is 1. The van der Waals surface area contributed by atoms with Crippen molar-refractivity contribution in [2.75, 3.05) is 18.5 Å². The van der Waals surface area contributed by atoms with Crippen LogP contribution in [0.15, 0.2) is 42.5 Å². The lowest BCUT2D eigenvalue weighted by atomic mass is 10.3. The van der Waals surface area contributed by atoms with Gasteiger partial charge < -0.3 is 14.8 Å². The van der Waals surface area contributed by atoms with Crippen LogP contribution in [0.3, 0.4) is 0 Å². The van der Waals surface area contributed by atoms with E-state index in [2.05, 4.69) is 5.32 Å². The number of carbonyl (C=O) groups is 2. The number of ether oxygens (including phenoxy) is 2. The fourth-order valence-corrected chi connectivity index (χ4v) is 2.22. The van der Waals surface area contributed by atoms with Crippen molar-refractivity contribution in [3.8, 4) is 5.75 Å². The summed E-state index contributed by atoms with van der Waals surface area (Å²) in [5.74, 6) is -0.741. The van der Waals surface area contributed by atoms with Crippen molar-refractivity contribution in [3.05, 3.63) is 57.5 Å². The van der Waals surface area contributed by atoms with E-state index in [0.29, 0.717) is 21.5 Å². The van der Waals surface area contributed by atoms with E-state index in [1.807, 2.05) is 0 Å². The monoisotopic (exact) mass is 387 g/mol. The first-order chi connectivity index (χ1) is 11.4. The van der Waals surface area contributed by atoms with Gasteiger partial charge in [0.2, 0.25) is 0 Å². The van der Waals surface area contributed by atoms with E-state index in [1.165, 1.54) is 6.07 Å². The molecule has 126 valence electrons. The Morgan fingerprint density at radius 1 is 0.917 bits per heavy atom. The molecular formula is C16H12Cl3NO4. The van der Waals surface area contributed by atoms with Gasteiger partial charge in [-0.2, -0.15) is 0 Å². The third-order valence-electron chi connectivity index (χ3n) is 2.74. The van der Waals surface area contributed by atoms with Crippen molar-refractivity contribution in [2.24, 2.45) is 0 Å². The van der Waals surface area contributed by atoms with Crippen LogP contribution in [0.5, 0.6) is 5.75 Å². The maximum Gasteiger partial charge on any atom is 0.344 e. The summed E-state index contributed by atoms with van der Waals surface area (Å²) < 4.78 is 10.0. The number of amides is 1. The Labute approximate surface area is 153 Å². The van der Waals surface area contributed by atoms with Crippen LogP contribution in [-0.4, -0.2) is 25.1 Å². The number of nitrogens with one attached hydrogen (secondary N) is 1. The summed E-state index contributed by atoms with van der Waals surface area (Å²) in [7, 11) is 0. The molecule has 1 amide bonds. The van der Waals surface area contributed by atoms with Gasteiger partial charge in [-0.3, -0.25) is 4.79 Å². The van der Waals surface area contributed by atoms with E-state index >= 15 is 0 Å². The molecule has 0 saturated heterocycles. The first kappa shape index (κ1) is 18.4. The SMILES string of the molecule is O=C(COC(=O)COc1ccc(Cl)cc1)Nc1ccc(Cl)cc1Cl. The molecule has 8 heteroatoms. The van der Waals surface area contributed by atoms with Crippen LogP contribution in [0.4, 0.5) is 5.69 Å². The average Bonchev–Trinajstić information content (AvgIpc) is 2.55. The Bertz CT molecular complexity index is 735. The van der Waals surface area contributed by atoms with Crippen molar-refractivity contribution < 1.29 is 19.1 Å². The summed E-state index contributed by atoms with van der Waals surface area (Å²) in [5.41, 5.74) is 0.375. The minimum absolute atomic E-state index is 0.285. The van der Waals surface area contributed by atoms with Crippen LogP contribution in [0.2, 0.25) is 15.1 Å². The van der Waals surface area contributed by atoms with Crippen LogP contribution < -0.4 is 10.1 Å². The van der Waals surface area contributed by atoms with E-state index in [-0.39, 0.29) is 11.6 Å². The fourth-order valence-electron chi connectivity index (χ4n) is 1.64. The highest BCUT2D eigenvalue weighted by molar-refractivity contribution is 6.36. The molecule has 2 aromatic carbocycles. The second kappa shape index (κ2) is 8.78. The topological polar surface area (TPSA) is 64.6 Å². The molecule has 0 heterocycles. The zero-order valence-corrected chi connectivity index (χ0v) is 14.5. The summed E-state index contributed by atoms with van der Waals surface area (Å²) in [6.45, 7) is -0.779. The highest BCUT2D eigenvalue weighted by Gasteiger charge is 2.10. The van der Waals surface area contributed by atoms with Crippen LogP contribution in [-0.2, 0) is 14.3 Å². The Kier molecular flexibility index (Phi) is 6.73. The largest absolute Gasteiger partial charge is 0.482 e. The molecule has 0 radical (unpaired) electrons. The molecule has 0 unspecified atom stereocenters. The highest BCUT2D eigenvalue weighted by Crippen LogP contribution is 2.25. The van der Waals surface area contributed by atoms with Gasteiger partial charge in [0.15, 0.2) is 13.2 Å². The van der Waals surface area contributed by atoms with E-state index < -0.39 is 18.5 Å². The first-order valence-corrected chi connectivity index (χ1v) is 7.86. The molecule has 24 heavy (non-hydrogen) atoms. The van der Waals surface area contributed by atoms with E-state index in [4.69, 9.17) is 44.3 Å². The van der Waals surface area contributed by atoms with Gasteiger partial charge in [0.05, 0.1) is 10.7 Å². The first-order valence-electron chi connectivity index (χ1n) is 6.73. The summed E-state index contributed by atoms with van der Waals surface area (Å²) >= 11 is 17.4. The Morgan fingerprint density at radius 3 is 2.25 bits per heavy atom. The molecule has 2 aromatic rings. The highest BCUT2D eigenvalue weighted by atomic mass is 35.5.